The molecule has 0 bridgehead atoms. The molecule has 3 rings (SSSR count). The van der Waals surface area contributed by atoms with Crippen molar-refractivity contribution in [2.24, 2.45) is 5.92 Å². The first kappa shape index (κ1) is 14.2. The summed E-state index contributed by atoms with van der Waals surface area (Å²) in [6, 6.07) is 4.32. The Morgan fingerprint density at radius 1 is 1.40 bits per heavy atom. The Balaban J connectivity index is 1.72. The first-order valence-electron chi connectivity index (χ1n) is 7.15. The number of carbonyl (C=O) groups is 1. The molecule has 2 aliphatic rings. The Hall–Kier alpha value is -0.720. The number of amides is 1. The fraction of sp³-hybridized carbons (Fsp3) is 0.643. The Kier molecular flexibility index (Phi) is 4.53. The third kappa shape index (κ3) is 2.97. The molecule has 6 heteroatoms. The molecule has 1 aromatic heterocycles. The van der Waals surface area contributed by atoms with Crippen LogP contribution in [-0.4, -0.2) is 46.2 Å². The van der Waals surface area contributed by atoms with Gasteiger partial charge in [-0.2, -0.15) is 0 Å². The molecule has 1 aromatic rings. The van der Waals surface area contributed by atoms with Gasteiger partial charge in [-0.1, -0.05) is 6.07 Å². The summed E-state index contributed by atoms with van der Waals surface area (Å²) in [6.07, 6.45) is 1.57. The van der Waals surface area contributed by atoms with Crippen LogP contribution in [0, 0.1) is 5.92 Å². The molecule has 0 saturated carbocycles. The van der Waals surface area contributed by atoms with E-state index >= 15 is 0 Å². The van der Waals surface area contributed by atoms with Crippen LogP contribution in [0.15, 0.2) is 17.5 Å². The minimum absolute atomic E-state index is 0.0771. The molecule has 0 spiro atoms. The lowest BCUT2D eigenvalue weighted by molar-refractivity contribution is -0.139. The Labute approximate surface area is 126 Å². The van der Waals surface area contributed by atoms with Crippen molar-refractivity contribution in [1.29, 1.82) is 0 Å². The SMILES string of the molecule is O=C(C1CCS(=O)CC1)N1CCNCC1c1cccs1. The third-order valence-corrected chi connectivity index (χ3v) is 6.49. The molecule has 1 N–H and O–H groups in total. The predicted molar refractivity (Wildman–Crippen MR) is 82.2 cm³/mol. The number of piperazine rings is 1. The summed E-state index contributed by atoms with van der Waals surface area (Å²) in [5.41, 5.74) is 0. The average Bonchev–Trinajstić information content (AvgIpc) is 3.01. The summed E-state index contributed by atoms with van der Waals surface area (Å²) < 4.78 is 11.4. The van der Waals surface area contributed by atoms with Crippen molar-refractivity contribution in [2.75, 3.05) is 31.1 Å². The van der Waals surface area contributed by atoms with Crippen molar-refractivity contribution >= 4 is 28.0 Å². The average molecular weight is 312 g/mol. The molecule has 4 nitrogen and oxygen atoms in total. The lowest BCUT2D eigenvalue weighted by Crippen LogP contribution is -2.50. The van der Waals surface area contributed by atoms with E-state index in [1.54, 1.807) is 11.3 Å². The van der Waals surface area contributed by atoms with Crippen molar-refractivity contribution in [3.05, 3.63) is 22.4 Å². The van der Waals surface area contributed by atoms with Crippen molar-refractivity contribution in [3.8, 4) is 0 Å². The fourth-order valence-corrected chi connectivity index (χ4v) is 5.12. The highest BCUT2D eigenvalue weighted by Gasteiger charge is 2.34. The maximum absolute atomic E-state index is 12.8. The van der Waals surface area contributed by atoms with E-state index in [2.05, 4.69) is 16.8 Å². The van der Waals surface area contributed by atoms with E-state index in [0.717, 1.165) is 32.5 Å². The van der Waals surface area contributed by atoms with Gasteiger partial charge in [0.15, 0.2) is 0 Å². The molecule has 110 valence electrons. The fourth-order valence-electron chi connectivity index (χ4n) is 2.98. The lowest BCUT2D eigenvalue weighted by Gasteiger charge is -2.38. The minimum atomic E-state index is -0.702. The number of nitrogens with one attached hydrogen (secondary N) is 1. The molecule has 1 atom stereocenters. The summed E-state index contributed by atoms with van der Waals surface area (Å²) in [5, 5.41) is 5.45. The molecule has 2 fully saturated rings. The highest BCUT2D eigenvalue weighted by Crippen LogP contribution is 2.29. The molecule has 0 aliphatic carbocycles. The van der Waals surface area contributed by atoms with Gasteiger partial charge >= 0.3 is 0 Å². The molecule has 2 aliphatic heterocycles. The molecule has 2 saturated heterocycles. The first-order chi connectivity index (χ1) is 9.75. The van der Waals surface area contributed by atoms with Crippen molar-refractivity contribution in [1.82, 2.24) is 10.2 Å². The summed E-state index contributed by atoms with van der Waals surface area (Å²) >= 11 is 1.72. The minimum Gasteiger partial charge on any atom is -0.332 e. The molecule has 1 amide bonds. The van der Waals surface area contributed by atoms with Crippen LogP contribution < -0.4 is 5.32 Å². The Morgan fingerprint density at radius 3 is 2.90 bits per heavy atom. The molecular formula is C14H20N2O2S2. The topological polar surface area (TPSA) is 49.4 Å². The molecule has 3 heterocycles. The highest BCUT2D eigenvalue weighted by atomic mass is 32.2. The normalized spacial score (nSPS) is 31.2. The van der Waals surface area contributed by atoms with E-state index in [1.807, 2.05) is 11.0 Å². The largest absolute Gasteiger partial charge is 0.332 e. The van der Waals surface area contributed by atoms with E-state index in [1.165, 1.54) is 4.88 Å². The summed E-state index contributed by atoms with van der Waals surface area (Å²) in [4.78, 5) is 16.1. The monoisotopic (exact) mass is 312 g/mol. The zero-order valence-electron chi connectivity index (χ0n) is 11.4. The quantitative estimate of drug-likeness (QED) is 0.897. The molecule has 0 radical (unpaired) electrons. The van der Waals surface area contributed by atoms with Crippen LogP contribution in [0.2, 0.25) is 0 Å². The van der Waals surface area contributed by atoms with Gasteiger partial charge in [-0.25, -0.2) is 0 Å². The predicted octanol–water partition coefficient (Wildman–Crippen LogP) is 1.38. The van der Waals surface area contributed by atoms with Gasteiger partial charge in [0.1, 0.15) is 0 Å². The summed E-state index contributed by atoms with van der Waals surface area (Å²) in [6.45, 7) is 2.48. The number of thiophene rings is 1. The molecular weight excluding hydrogens is 292 g/mol. The molecule has 20 heavy (non-hydrogen) atoms. The standard InChI is InChI=1S/C14H20N2O2S2/c17-14(11-3-8-20(18)9-4-11)16-6-5-15-10-12(16)13-2-1-7-19-13/h1-2,7,11-12,15H,3-6,8-10H2. The zero-order chi connectivity index (χ0) is 13.9. The number of nitrogens with zero attached hydrogens (tertiary/aromatic N) is 1. The van der Waals surface area contributed by atoms with Gasteiger partial charge in [0.2, 0.25) is 5.91 Å². The van der Waals surface area contributed by atoms with Crippen LogP contribution >= 0.6 is 11.3 Å². The van der Waals surface area contributed by atoms with Crippen molar-refractivity contribution in [2.45, 2.75) is 18.9 Å². The van der Waals surface area contributed by atoms with Crippen LogP contribution in [0.3, 0.4) is 0 Å². The number of hydrogen-bond acceptors (Lipinski definition) is 4. The smallest absolute Gasteiger partial charge is 0.226 e. The van der Waals surface area contributed by atoms with Gasteiger partial charge in [0.25, 0.3) is 0 Å². The van der Waals surface area contributed by atoms with Gasteiger partial charge in [-0.15, -0.1) is 11.3 Å². The maximum atomic E-state index is 12.8. The first-order valence-corrected chi connectivity index (χ1v) is 9.52. The van der Waals surface area contributed by atoms with Gasteiger partial charge in [-0.05, 0) is 24.3 Å². The van der Waals surface area contributed by atoms with E-state index < -0.39 is 10.8 Å². The van der Waals surface area contributed by atoms with Gasteiger partial charge in [-0.3, -0.25) is 9.00 Å². The van der Waals surface area contributed by atoms with E-state index in [9.17, 15) is 9.00 Å². The summed E-state index contributed by atoms with van der Waals surface area (Å²) in [7, 11) is -0.702. The zero-order valence-corrected chi connectivity index (χ0v) is 13.0. The van der Waals surface area contributed by atoms with Gasteiger partial charge in [0.05, 0.1) is 6.04 Å². The van der Waals surface area contributed by atoms with Crippen LogP contribution in [0.1, 0.15) is 23.8 Å². The third-order valence-electron chi connectivity index (χ3n) is 4.14. The molecule has 1 unspecified atom stereocenters. The number of rotatable bonds is 2. The number of hydrogen-bond donors (Lipinski definition) is 1. The lowest BCUT2D eigenvalue weighted by atomic mass is 9.99. The van der Waals surface area contributed by atoms with E-state index in [0.29, 0.717) is 11.5 Å². The Bertz CT molecular complexity index is 479. The van der Waals surface area contributed by atoms with Crippen LogP contribution in [0.5, 0.6) is 0 Å². The van der Waals surface area contributed by atoms with Gasteiger partial charge in [0, 0.05) is 52.7 Å². The second-order valence-corrected chi connectivity index (χ2v) is 8.06. The van der Waals surface area contributed by atoms with Crippen molar-refractivity contribution in [3.63, 3.8) is 0 Å². The van der Waals surface area contributed by atoms with Crippen LogP contribution in [0.25, 0.3) is 0 Å². The van der Waals surface area contributed by atoms with Crippen LogP contribution in [-0.2, 0) is 15.6 Å². The van der Waals surface area contributed by atoms with Crippen molar-refractivity contribution < 1.29 is 9.00 Å². The van der Waals surface area contributed by atoms with Gasteiger partial charge < -0.3 is 10.2 Å². The summed E-state index contributed by atoms with van der Waals surface area (Å²) in [5.74, 6) is 1.72. The maximum Gasteiger partial charge on any atom is 0.226 e. The highest BCUT2D eigenvalue weighted by molar-refractivity contribution is 7.85. The number of carbonyl (C=O) groups excluding carboxylic acids is 1. The molecule has 0 aromatic carbocycles. The second kappa shape index (κ2) is 6.37. The van der Waals surface area contributed by atoms with E-state index in [4.69, 9.17) is 0 Å². The van der Waals surface area contributed by atoms with Crippen LogP contribution in [0.4, 0.5) is 0 Å². The Morgan fingerprint density at radius 2 is 2.20 bits per heavy atom. The second-order valence-electron chi connectivity index (χ2n) is 5.39. The van der Waals surface area contributed by atoms with E-state index in [-0.39, 0.29) is 17.9 Å².